The molecule has 1 fully saturated rings. The number of carbonyl (C=O) groups excluding carboxylic acids is 1. The third-order valence-corrected chi connectivity index (χ3v) is 5.53. The molecule has 0 unspecified atom stereocenters. The second kappa shape index (κ2) is 6.51. The van der Waals surface area contributed by atoms with Crippen LogP contribution in [0.15, 0.2) is 41.3 Å². The predicted octanol–water partition coefficient (Wildman–Crippen LogP) is 1.58. The average molecular weight is 336 g/mol. The van der Waals surface area contributed by atoms with Gasteiger partial charge in [0.25, 0.3) is 5.91 Å². The minimum atomic E-state index is -3.69. The zero-order chi connectivity index (χ0) is 16.3. The van der Waals surface area contributed by atoms with Gasteiger partial charge in [-0.05, 0) is 25.0 Å². The van der Waals surface area contributed by atoms with Crippen molar-refractivity contribution in [1.29, 1.82) is 0 Å². The number of aromatic nitrogens is 1. The van der Waals surface area contributed by atoms with Crippen LogP contribution in [0.1, 0.15) is 23.2 Å². The van der Waals surface area contributed by atoms with Crippen molar-refractivity contribution in [1.82, 2.24) is 9.71 Å². The highest BCUT2D eigenvalue weighted by atomic mass is 32.2. The maximum atomic E-state index is 12.2. The molecule has 8 heteroatoms. The number of nitrogens with one attached hydrogen (secondary N) is 1. The van der Waals surface area contributed by atoms with Crippen molar-refractivity contribution in [3.63, 3.8) is 0 Å². The molecule has 0 saturated carbocycles. The van der Waals surface area contributed by atoms with E-state index < -0.39 is 21.2 Å². The van der Waals surface area contributed by atoms with Crippen LogP contribution in [0.3, 0.4) is 0 Å². The van der Waals surface area contributed by atoms with E-state index in [0.29, 0.717) is 31.8 Å². The van der Waals surface area contributed by atoms with Gasteiger partial charge in [-0.2, -0.15) is 0 Å². The predicted molar refractivity (Wildman–Crippen MR) is 82.2 cm³/mol. The summed E-state index contributed by atoms with van der Waals surface area (Å²) in [6, 6.07) is 6.45. The van der Waals surface area contributed by atoms with Gasteiger partial charge in [0.15, 0.2) is 12.2 Å². The minimum Gasteiger partial charge on any atom is -0.444 e. The molecular weight excluding hydrogens is 320 g/mol. The monoisotopic (exact) mass is 336 g/mol. The SMILES string of the molecule is O=C(NS(=O)(=O)C1CCOCC1)c1ccc(-c2cnco2)cc1. The Bertz CT molecular complexity index is 763. The van der Waals surface area contributed by atoms with Crippen LogP contribution in [0.4, 0.5) is 0 Å². The Morgan fingerprint density at radius 1 is 1.17 bits per heavy atom. The van der Waals surface area contributed by atoms with Gasteiger partial charge in [0, 0.05) is 24.3 Å². The van der Waals surface area contributed by atoms with Crippen LogP contribution >= 0.6 is 0 Å². The fourth-order valence-corrected chi connectivity index (χ4v) is 3.76. The molecule has 1 saturated heterocycles. The zero-order valence-corrected chi connectivity index (χ0v) is 13.1. The second-order valence-electron chi connectivity index (χ2n) is 5.23. The number of ether oxygens (including phenoxy) is 1. The quantitative estimate of drug-likeness (QED) is 0.910. The van der Waals surface area contributed by atoms with Crippen LogP contribution in [0.25, 0.3) is 11.3 Å². The van der Waals surface area contributed by atoms with E-state index in [1.807, 2.05) is 0 Å². The van der Waals surface area contributed by atoms with E-state index in [1.165, 1.54) is 6.39 Å². The van der Waals surface area contributed by atoms with Gasteiger partial charge >= 0.3 is 0 Å². The summed E-state index contributed by atoms with van der Waals surface area (Å²) in [5.41, 5.74) is 1.02. The number of rotatable bonds is 4. The van der Waals surface area contributed by atoms with Crippen molar-refractivity contribution in [3.05, 3.63) is 42.4 Å². The molecule has 0 bridgehead atoms. The number of benzene rings is 1. The Morgan fingerprint density at radius 3 is 2.48 bits per heavy atom. The molecule has 122 valence electrons. The summed E-state index contributed by atoms with van der Waals surface area (Å²) in [5, 5.41) is -0.589. The second-order valence-corrected chi connectivity index (χ2v) is 7.19. The molecular formula is C15H16N2O5S. The lowest BCUT2D eigenvalue weighted by Gasteiger charge is -2.22. The molecule has 0 spiro atoms. The van der Waals surface area contributed by atoms with Gasteiger partial charge in [0.2, 0.25) is 10.0 Å². The van der Waals surface area contributed by atoms with Gasteiger partial charge in [-0.3, -0.25) is 4.79 Å². The first kappa shape index (κ1) is 15.7. The van der Waals surface area contributed by atoms with Crippen molar-refractivity contribution in [2.75, 3.05) is 13.2 Å². The molecule has 3 rings (SSSR count). The fraction of sp³-hybridized carbons (Fsp3) is 0.333. The van der Waals surface area contributed by atoms with E-state index in [1.54, 1.807) is 30.5 Å². The number of sulfonamides is 1. The lowest BCUT2D eigenvalue weighted by Crippen LogP contribution is -2.41. The van der Waals surface area contributed by atoms with Crippen LogP contribution in [-0.4, -0.2) is 37.8 Å². The lowest BCUT2D eigenvalue weighted by atomic mass is 10.1. The van der Waals surface area contributed by atoms with Crippen molar-refractivity contribution in [2.45, 2.75) is 18.1 Å². The zero-order valence-electron chi connectivity index (χ0n) is 12.3. The summed E-state index contributed by atoms with van der Waals surface area (Å²) in [5.74, 6) is -0.0626. The average Bonchev–Trinajstić information content (AvgIpc) is 3.10. The molecule has 23 heavy (non-hydrogen) atoms. The van der Waals surface area contributed by atoms with E-state index in [9.17, 15) is 13.2 Å². The van der Waals surface area contributed by atoms with Gasteiger partial charge in [0.05, 0.1) is 11.4 Å². The molecule has 1 N–H and O–H groups in total. The lowest BCUT2D eigenvalue weighted by molar-refractivity contribution is 0.0950. The number of oxazole rings is 1. The topological polar surface area (TPSA) is 98.5 Å². The molecule has 0 atom stereocenters. The third kappa shape index (κ3) is 3.59. The molecule has 7 nitrogen and oxygen atoms in total. The number of hydrogen-bond acceptors (Lipinski definition) is 6. The summed E-state index contributed by atoms with van der Waals surface area (Å²) in [4.78, 5) is 16.0. The third-order valence-electron chi connectivity index (χ3n) is 3.71. The van der Waals surface area contributed by atoms with Crippen LogP contribution in [-0.2, 0) is 14.8 Å². The summed E-state index contributed by atoms with van der Waals surface area (Å²) in [6.07, 6.45) is 3.67. The largest absolute Gasteiger partial charge is 0.444 e. The Hall–Kier alpha value is -2.19. The van der Waals surface area contributed by atoms with Crippen molar-refractivity contribution in [3.8, 4) is 11.3 Å². The highest BCUT2D eigenvalue weighted by molar-refractivity contribution is 7.90. The first-order chi connectivity index (χ1) is 11.1. The van der Waals surface area contributed by atoms with Crippen LogP contribution in [0.2, 0.25) is 0 Å². The van der Waals surface area contributed by atoms with E-state index in [2.05, 4.69) is 9.71 Å². The van der Waals surface area contributed by atoms with E-state index in [4.69, 9.17) is 9.15 Å². The summed E-state index contributed by atoms with van der Waals surface area (Å²) >= 11 is 0. The smallest absolute Gasteiger partial charge is 0.264 e. The van der Waals surface area contributed by atoms with Gasteiger partial charge in [0.1, 0.15) is 0 Å². The van der Waals surface area contributed by atoms with Gasteiger partial charge in [-0.1, -0.05) is 12.1 Å². The van der Waals surface area contributed by atoms with Gasteiger partial charge in [-0.15, -0.1) is 0 Å². The summed E-state index contributed by atoms with van der Waals surface area (Å²) in [7, 11) is -3.69. The first-order valence-corrected chi connectivity index (χ1v) is 8.73. The van der Waals surface area contributed by atoms with Crippen molar-refractivity contribution in [2.24, 2.45) is 0 Å². The van der Waals surface area contributed by atoms with Crippen LogP contribution in [0, 0.1) is 0 Å². The van der Waals surface area contributed by atoms with E-state index >= 15 is 0 Å². The molecule has 0 aliphatic carbocycles. The molecule has 1 aliphatic rings. The van der Waals surface area contributed by atoms with Crippen molar-refractivity contribution < 1.29 is 22.4 Å². The first-order valence-electron chi connectivity index (χ1n) is 7.19. The van der Waals surface area contributed by atoms with Gasteiger partial charge in [-0.25, -0.2) is 18.1 Å². The number of hydrogen-bond donors (Lipinski definition) is 1. The molecule has 2 heterocycles. The number of amides is 1. The molecule has 1 aromatic heterocycles. The molecule has 1 aliphatic heterocycles. The maximum absolute atomic E-state index is 12.2. The van der Waals surface area contributed by atoms with Crippen LogP contribution < -0.4 is 4.72 Å². The van der Waals surface area contributed by atoms with E-state index in [0.717, 1.165) is 5.56 Å². The van der Waals surface area contributed by atoms with Gasteiger partial charge < -0.3 is 9.15 Å². The van der Waals surface area contributed by atoms with Crippen LogP contribution in [0.5, 0.6) is 0 Å². The molecule has 1 amide bonds. The normalized spacial score (nSPS) is 16.2. The molecule has 2 aromatic rings. The fourth-order valence-electron chi connectivity index (χ4n) is 2.40. The maximum Gasteiger partial charge on any atom is 0.264 e. The molecule has 1 aromatic carbocycles. The number of carbonyl (C=O) groups is 1. The Labute approximate surface area is 133 Å². The Balaban J connectivity index is 1.70. The van der Waals surface area contributed by atoms with E-state index in [-0.39, 0.29) is 5.56 Å². The molecule has 0 radical (unpaired) electrons. The van der Waals surface area contributed by atoms with Crippen molar-refractivity contribution >= 4 is 15.9 Å². The summed E-state index contributed by atoms with van der Waals surface area (Å²) in [6.45, 7) is 0.789. The number of nitrogens with zero attached hydrogens (tertiary/aromatic N) is 1. The Morgan fingerprint density at radius 2 is 1.87 bits per heavy atom. The highest BCUT2D eigenvalue weighted by Crippen LogP contribution is 2.19. The minimum absolute atomic E-state index is 0.267. The standard InChI is InChI=1S/C15H16N2O5S/c18-15(17-23(19,20)13-5-7-21-8-6-13)12-3-1-11(2-4-12)14-9-16-10-22-14/h1-4,9-10,13H,5-8H2,(H,17,18). The highest BCUT2D eigenvalue weighted by Gasteiger charge is 2.29. The summed E-state index contributed by atoms with van der Waals surface area (Å²) < 4.78 is 36.9. The Kier molecular flexibility index (Phi) is 4.44.